The zero-order valence-electron chi connectivity index (χ0n) is 9.18. The van der Waals surface area contributed by atoms with Gasteiger partial charge in [0.25, 0.3) is 0 Å². The van der Waals surface area contributed by atoms with Crippen LogP contribution in [0.3, 0.4) is 0 Å². The number of benzene rings is 1. The molecule has 0 heterocycles. The summed E-state index contributed by atoms with van der Waals surface area (Å²) in [4.78, 5) is 24.3. The van der Waals surface area contributed by atoms with Gasteiger partial charge in [-0.05, 0) is 0 Å². The van der Waals surface area contributed by atoms with Gasteiger partial charge >= 0.3 is 5.97 Å². The molecule has 0 saturated carbocycles. The summed E-state index contributed by atoms with van der Waals surface area (Å²) in [5.74, 6) is -1.70. The third-order valence-electron chi connectivity index (χ3n) is 1.90. The van der Waals surface area contributed by atoms with E-state index in [1.165, 1.54) is 11.1 Å². The second-order valence-corrected chi connectivity index (χ2v) is 3.51. The molecule has 0 aliphatic carbocycles. The molecule has 0 atom stereocenters. The first kappa shape index (κ1) is 12.0. The van der Waals surface area contributed by atoms with E-state index in [1.807, 2.05) is 0 Å². The molecule has 0 aliphatic heterocycles. The Bertz CT molecular complexity index is 421. The molecular formula is C12H13NO3. The van der Waals surface area contributed by atoms with Gasteiger partial charge in [0.2, 0.25) is 5.78 Å². The summed E-state index contributed by atoms with van der Waals surface area (Å²) < 4.78 is 0. The number of hydrogen-bond donors (Lipinski definition) is 1. The van der Waals surface area contributed by atoms with Gasteiger partial charge in [0.05, 0.1) is 0 Å². The number of carbonyl (C=O) groups is 2. The van der Waals surface area contributed by atoms with E-state index in [9.17, 15) is 9.59 Å². The van der Waals surface area contributed by atoms with Crippen molar-refractivity contribution in [2.75, 3.05) is 14.1 Å². The van der Waals surface area contributed by atoms with Gasteiger partial charge in [0.15, 0.2) is 0 Å². The molecule has 0 spiro atoms. The first-order chi connectivity index (χ1) is 7.52. The summed E-state index contributed by atoms with van der Waals surface area (Å²) in [5.41, 5.74) is 0.134. The molecule has 1 N–H and O–H groups in total. The summed E-state index contributed by atoms with van der Waals surface area (Å²) in [5, 5.41) is 8.94. The molecule has 84 valence electrons. The van der Waals surface area contributed by atoms with Crippen LogP contribution in [0.1, 0.15) is 10.4 Å². The van der Waals surface area contributed by atoms with Crippen LogP contribution in [-0.2, 0) is 4.79 Å². The summed E-state index contributed by atoms with van der Waals surface area (Å²) in [6.45, 7) is 0. The van der Waals surface area contributed by atoms with Crippen LogP contribution in [0.15, 0.2) is 42.1 Å². The van der Waals surface area contributed by atoms with Crippen LogP contribution in [-0.4, -0.2) is 35.9 Å². The van der Waals surface area contributed by atoms with Crippen LogP contribution in [0.5, 0.6) is 0 Å². The fourth-order valence-electron chi connectivity index (χ4n) is 1.21. The van der Waals surface area contributed by atoms with Gasteiger partial charge in [-0.25, -0.2) is 4.79 Å². The molecule has 4 nitrogen and oxygen atoms in total. The van der Waals surface area contributed by atoms with Gasteiger partial charge in [-0.3, -0.25) is 4.79 Å². The number of hydrogen-bond acceptors (Lipinski definition) is 3. The Morgan fingerprint density at radius 2 is 1.75 bits per heavy atom. The Morgan fingerprint density at radius 3 is 2.19 bits per heavy atom. The Balaban J connectivity index is 3.07. The monoisotopic (exact) mass is 219 g/mol. The largest absolute Gasteiger partial charge is 0.477 e. The number of ketones is 1. The second-order valence-electron chi connectivity index (χ2n) is 3.51. The zero-order valence-corrected chi connectivity index (χ0v) is 9.18. The van der Waals surface area contributed by atoms with Crippen LogP contribution >= 0.6 is 0 Å². The molecule has 0 fully saturated rings. The van der Waals surface area contributed by atoms with Crippen LogP contribution in [0.2, 0.25) is 0 Å². The number of nitrogens with zero attached hydrogens (tertiary/aromatic N) is 1. The Labute approximate surface area is 93.8 Å². The first-order valence-corrected chi connectivity index (χ1v) is 4.73. The molecule has 1 aromatic rings. The second kappa shape index (κ2) is 5.11. The fourth-order valence-corrected chi connectivity index (χ4v) is 1.21. The third-order valence-corrected chi connectivity index (χ3v) is 1.90. The number of Topliss-reactive ketones (excluding diaryl/α,β-unsaturated/α-hetero) is 1. The highest BCUT2D eigenvalue weighted by atomic mass is 16.4. The van der Waals surface area contributed by atoms with E-state index in [-0.39, 0.29) is 5.57 Å². The minimum atomic E-state index is -1.22. The normalized spacial score (nSPS) is 11.0. The standard InChI is InChI=1S/C12H13NO3/c1-13(2)8-10(12(15)16)11(14)9-6-4-3-5-7-9/h3-8H,1-2H3,(H,15,16). The quantitative estimate of drug-likeness (QED) is 0.360. The molecule has 0 amide bonds. The Morgan fingerprint density at radius 1 is 1.19 bits per heavy atom. The maximum atomic E-state index is 11.8. The van der Waals surface area contributed by atoms with Gasteiger partial charge in [0, 0.05) is 25.9 Å². The summed E-state index contributed by atoms with van der Waals surface area (Å²) in [6, 6.07) is 8.35. The maximum Gasteiger partial charge on any atom is 0.341 e. The highest BCUT2D eigenvalue weighted by Crippen LogP contribution is 2.08. The lowest BCUT2D eigenvalue weighted by Crippen LogP contribution is -2.16. The molecule has 0 aromatic heterocycles. The molecule has 0 bridgehead atoms. The van der Waals surface area contributed by atoms with Crippen molar-refractivity contribution in [2.24, 2.45) is 0 Å². The lowest BCUT2D eigenvalue weighted by atomic mass is 10.0. The summed E-state index contributed by atoms with van der Waals surface area (Å²) >= 11 is 0. The molecule has 1 rings (SSSR count). The Kier molecular flexibility index (Phi) is 3.83. The lowest BCUT2D eigenvalue weighted by Gasteiger charge is -2.07. The average Bonchev–Trinajstić information content (AvgIpc) is 2.25. The van der Waals surface area contributed by atoms with Crippen molar-refractivity contribution in [1.82, 2.24) is 4.90 Å². The summed E-state index contributed by atoms with van der Waals surface area (Å²) in [7, 11) is 3.34. The van der Waals surface area contributed by atoms with Gasteiger partial charge in [-0.15, -0.1) is 0 Å². The van der Waals surface area contributed by atoms with E-state index in [0.29, 0.717) is 5.56 Å². The molecule has 0 aliphatic rings. The van der Waals surface area contributed by atoms with Gasteiger partial charge < -0.3 is 10.0 Å². The number of aliphatic carboxylic acids is 1. The van der Waals surface area contributed by atoms with E-state index >= 15 is 0 Å². The average molecular weight is 219 g/mol. The van der Waals surface area contributed by atoms with Crippen molar-refractivity contribution >= 4 is 11.8 Å². The first-order valence-electron chi connectivity index (χ1n) is 4.73. The van der Waals surface area contributed by atoms with Gasteiger partial charge in [-0.2, -0.15) is 0 Å². The third kappa shape index (κ3) is 2.95. The molecule has 0 radical (unpaired) electrons. The van der Waals surface area contributed by atoms with Crippen LogP contribution in [0, 0.1) is 0 Å². The van der Waals surface area contributed by atoms with E-state index < -0.39 is 11.8 Å². The molecular weight excluding hydrogens is 206 g/mol. The minimum absolute atomic E-state index is 0.240. The number of carboxylic acid groups (broad SMARTS) is 1. The van der Waals surface area contributed by atoms with Gasteiger partial charge in [0.1, 0.15) is 5.57 Å². The fraction of sp³-hybridized carbons (Fsp3) is 0.167. The van der Waals surface area contributed by atoms with Gasteiger partial charge in [-0.1, -0.05) is 30.3 Å². The Hall–Kier alpha value is -2.10. The van der Waals surface area contributed by atoms with Crippen molar-refractivity contribution in [1.29, 1.82) is 0 Å². The van der Waals surface area contributed by atoms with E-state index in [1.54, 1.807) is 44.4 Å². The number of rotatable bonds is 4. The summed E-state index contributed by atoms with van der Waals surface area (Å²) in [6.07, 6.45) is 1.30. The molecule has 16 heavy (non-hydrogen) atoms. The van der Waals surface area contributed by atoms with E-state index in [4.69, 9.17) is 5.11 Å². The van der Waals surface area contributed by atoms with Crippen LogP contribution < -0.4 is 0 Å². The predicted octanol–water partition coefficient (Wildman–Crippen LogP) is 1.40. The molecule has 1 aromatic carbocycles. The van der Waals surface area contributed by atoms with Crippen molar-refractivity contribution in [2.45, 2.75) is 0 Å². The highest BCUT2D eigenvalue weighted by Gasteiger charge is 2.18. The van der Waals surface area contributed by atoms with Crippen LogP contribution in [0.25, 0.3) is 0 Å². The van der Waals surface area contributed by atoms with Crippen molar-refractivity contribution in [3.63, 3.8) is 0 Å². The minimum Gasteiger partial charge on any atom is -0.477 e. The van der Waals surface area contributed by atoms with Crippen molar-refractivity contribution < 1.29 is 14.7 Å². The van der Waals surface area contributed by atoms with Crippen molar-refractivity contribution in [3.05, 3.63) is 47.7 Å². The van der Waals surface area contributed by atoms with E-state index in [2.05, 4.69) is 0 Å². The predicted molar refractivity (Wildman–Crippen MR) is 60.2 cm³/mol. The lowest BCUT2D eigenvalue weighted by molar-refractivity contribution is -0.132. The smallest absolute Gasteiger partial charge is 0.341 e. The van der Waals surface area contributed by atoms with Crippen LogP contribution in [0.4, 0.5) is 0 Å². The molecule has 0 unspecified atom stereocenters. The van der Waals surface area contributed by atoms with E-state index in [0.717, 1.165) is 0 Å². The highest BCUT2D eigenvalue weighted by molar-refractivity contribution is 6.23. The molecule has 4 heteroatoms. The van der Waals surface area contributed by atoms with Crippen molar-refractivity contribution in [3.8, 4) is 0 Å². The maximum absolute atomic E-state index is 11.8. The SMILES string of the molecule is CN(C)C=C(C(=O)O)C(=O)c1ccccc1. The topological polar surface area (TPSA) is 57.6 Å². The molecule has 0 saturated heterocycles. The zero-order chi connectivity index (χ0) is 12.1. The number of carbonyl (C=O) groups excluding carboxylic acids is 1. The number of carboxylic acids is 1.